The molecule has 4 N–H and O–H groups in total. The SMILES string of the molecule is CC(C)n1nc(-c2ccc(NS(=O)(=O)c3ccccc3Cl)c(F)c2)c2c(N)ncc(C3=CC[C@@H](NC[C@@H](C)F)CC3)c21. The third-order valence-electron chi connectivity index (χ3n) is 7.30. The molecule has 2 heterocycles. The number of nitrogens with zero attached hydrogens (tertiary/aromatic N) is 3. The molecule has 2 atom stereocenters. The van der Waals surface area contributed by atoms with Gasteiger partial charge in [0, 0.05) is 36.0 Å². The van der Waals surface area contributed by atoms with Crippen molar-refractivity contribution in [1.82, 2.24) is 20.1 Å². The number of alkyl halides is 1. The Morgan fingerprint density at radius 3 is 2.60 bits per heavy atom. The van der Waals surface area contributed by atoms with Crippen molar-refractivity contribution < 1.29 is 17.2 Å². The number of nitrogens with two attached hydrogens (primary N) is 1. The van der Waals surface area contributed by atoms with Gasteiger partial charge < -0.3 is 11.1 Å². The van der Waals surface area contributed by atoms with Crippen molar-refractivity contribution in [2.45, 2.75) is 63.2 Å². The van der Waals surface area contributed by atoms with Crippen LogP contribution in [0.4, 0.5) is 20.3 Å². The van der Waals surface area contributed by atoms with E-state index in [0.717, 1.165) is 35.9 Å². The van der Waals surface area contributed by atoms with Gasteiger partial charge in [-0.3, -0.25) is 9.40 Å². The van der Waals surface area contributed by atoms with Gasteiger partial charge in [0.2, 0.25) is 0 Å². The highest BCUT2D eigenvalue weighted by molar-refractivity contribution is 7.92. The summed E-state index contributed by atoms with van der Waals surface area (Å²) in [7, 11) is -4.12. The van der Waals surface area contributed by atoms with E-state index in [-0.39, 0.29) is 33.5 Å². The Balaban J connectivity index is 1.52. The first kappa shape index (κ1) is 29.9. The summed E-state index contributed by atoms with van der Waals surface area (Å²) in [5.41, 5.74) is 9.83. The van der Waals surface area contributed by atoms with Gasteiger partial charge in [-0.05, 0) is 69.9 Å². The van der Waals surface area contributed by atoms with Crippen LogP contribution in [0.2, 0.25) is 5.02 Å². The van der Waals surface area contributed by atoms with E-state index in [0.29, 0.717) is 23.2 Å². The van der Waals surface area contributed by atoms with Crippen LogP contribution in [-0.2, 0) is 10.0 Å². The Kier molecular flexibility index (Phi) is 8.54. The smallest absolute Gasteiger partial charge is 0.263 e. The fraction of sp³-hybridized carbons (Fsp3) is 0.333. The number of sulfonamides is 1. The molecule has 12 heteroatoms. The Bertz CT molecular complexity index is 1770. The zero-order valence-corrected chi connectivity index (χ0v) is 25.1. The molecule has 2 aromatic heterocycles. The van der Waals surface area contributed by atoms with E-state index < -0.39 is 22.0 Å². The van der Waals surface area contributed by atoms with Crippen molar-refractivity contribution in [2.24, 2.45) is 0 Å². The highest BCUT2D eigenvalue weighted by Crippen LogP contribution is 2.40. The summed E-state index contributed by atoms with van der Waals surface area (Å²) in [6.07, 6.45) is 5.37. The monoisotopic (exact) mass is 614 g/mol. The summed E-state index contributed by atoms with van der Waals surface area (Å²) in [6.45, 7) is 5.85. The fourth-order valence-corrected chi connectivity index (χ4v) is 6.79. The molecule has 42 heavy (non-hydrogen) atoms. The molecule has 0 radical (unpaired) electrons. The molecule has 0 bridgehead atoms. The first-order valence-corrected chi connectivity index (χ1v) is 15.6. The molecule has 0 saturated carbocycles. The highest BCUT2D eigenvalue weighted by Gasteiger charge is 2.25. The molecule has 0 unspecified atom stereocenters. The molecular weight excluding hydrogens is 582 g/mol. The molecule has 0 fully saturated rings. The molecule has 0 spiro atoms. The quantitative estimate of drug-likeness (QED) is 0.192. The maximum atomic E-state index is 15.4. The van der Waals surface area contributed by atoms with Gasteiger partial charge in [-0.1, -0.05) is 35.9 Å². The number of aromatic nitrogens is 3. The summed E-state index contributed by atoms with van der Waals surface area (Å²) in [4.78, 5) is 4.32. The molecule has 5 rings (SSSR count). The average molecular weight is 615 g/mol. The van der Waals surface area contributed by atoms with E-state index in [1.165, 1.54) is 37.3 Å². The third-order valence-corrected chi connectivity index (χ3v) is 9.17. The second-order valence-corrected chi connectivity index (χ2v) is 12.8. The Labute approximate surface area is 249 Å². The number of rotatable bonds is 9. The molecule has 0 saturated heterocycles. The minimum Gasteiger partial charge on any atom is -0.383 e. The van der Waals surface area contributed by atoms with E-state index in [1.807, 2.05) is 18.5 Å². The van der Waals surface area contributed by atoms with Gasteiger partial charge in [-0.25, -0.2) is 22.2 Å². The maximum Gasteiger partial charge on any atom is 0.263 e. The number of allylic oxidation sites excluding steroid dienone is 1. The Morgan fingerprint density at radius 2 is 1.95 bits per heavy atom. The van der Waals surface area contributed by atoms with Crippen LogP contribution in [-0.4, -0.2) is 41.9 Å². The van der Waals surface area contributed by atoms with Crippen molar-refractivity contribution in [3.05, 3.63) is 71.1 Å². The lowest BCUT2D eigenvalue weighted by Gasteiger charge is -2.24. The number of hydrogen-bond donors (Lipinski definition) is 3. The van der Waals surface area contributed by atoms with E-state index in [4.69, 9.17) is 22.4 Å². The number of fused-ring (bicyclic) bond motifs is 1. The normalized spacial score (nSPS) is 16.5. The summed E-state index contributed by atoms with van der Waals surface area (Å²) >= 11 is 6.06. The van der Waals surface area contributed by atoms with Crippen LogP contribution < -0.4 is 15.8 Å². The lowest BCUT2D eigenvalue weighted by molar-refractivity contribution is 0.323. The summed E-state index contributed by atoms with van der Waals surface area (Å²) in [5, 5.41) is 8.73. The number of hydrogen-bond acceptors (Lipinski definition) is 6. The van der Waals surface area contributed by atoms with Crippen LogP contribution in [0, 0.1) is 5.82 Å². The highest BCUT2D eigenvalue weighted by atomic mass is 35.5. The minimum absolute atomic E-state index is 0.0284. The second kappa shape index (κ2) is 12.0. The lowest BCUT2D eigenvalue weighted by Crippen LogP contribution is -2.34. The molecule has 2 aromatic carbocycles. The molecule has 8 nitrogen and oxygen atoms in total. The maximum absolute atomic E-state index is 15.4. The van der Waals surface area contributed by atoms with Crippen LogP contribution in [0.1, 0.15) is 51.6 Å². The van der Waals surface area contributed by atoms with Crippen LogP contribution in [0.15, 0.2) is 59.6 Å². The summed E-state index contributed by atoms with van der Waals surface area (Å²) in [6, 6.07) is 10.3. The van der Waals surface area contributed by atoms with E-state index in [9.17, 15) is 12.8 Å². The average Bonchev–Trinajstić information content (AvgIpc) is 3.36. The van der Waals surface area contributed by atoms with E-state index >= 15 is 4.39 Å². The zero-order valence-electron chi connectivity index (χ0n) is 23.5. The zero-order chi connectivity index (χ0) is 30.2. The minimum atomic E-state index is -4.12. The number of halogens is 3. The topological polar surface area (TPSA) is 115 Å². The molecule has 0 amide bonds. The van der Waals surface area contributed by atoms with Gasteiger partial charge in [0.1, 0.15) is 28.4 Å². The van der Waals surface area contributed by atoms with Crippen LogP contribution >= 0.6 is 11.6 Å². The third kappa shape index (κ3) is 5.99. The summed E-state index contributed by atoms with van der Waals surface area (Å²) < 4.78 is 58.6. The first-order valence-electron chi connectivity index (χ1n) is 13.8. The predicted molar refractivity (Wildman–Crippen MR) is 164 cm³/mol. The number of anilines is 2. The van der Waals surface area contributed by atoms with Crippen LogP contribution in [0.3, 0.4) is 0 Å². The number of benzene rings is 2. The van der Waals surface area contributed by atoms with Crippen molar-refractivity contribution >= 4 is 49.6 Å². The molecule has 4 aromatic rings. The number of nitrogens with one attached hydrogen (secondary N) is 2. The number of pyridine rings is 1. The molecule has 1 aliphatic carbocycles. The Morgan fingerprint density at radius 1 is 1.19 bits per heavy atom. The summed E-state index contributed by atoms with van der Waals surface area (Å²) in [5.74, 6) is -0.526. The van der Waals surface area contributed by atoms with E-state index in [1.54, 1.807) is 18.3 Å². The van der Waals surface area contributed by atoms with E-state index in [2.05, 4.69) is 21.1 Å². The lowest BCUT2D eigenvalue weighted by atomic mass is 9.90. The standard InChI is InChI=1S/C30H33ClF2N6O2S/c1-17(2)39-29-22(19-8-11-21(12-9-19)35-15-18(3)32)16-36-30(34)27(29)28(37-39)20-10-13-25(24(33)14-20)38-42(40,41)26-7-5-4-6-23(26)31/h4-8,10,13-14,16-18,21,35,38H,9,11-12,15H2,1-3H3,(H2,34,36)/t18-,21-/m1/s1. The molecule has 0 aliphatic heterocycles. The van der Waals surface area contributed by atoms with Crippen molar-refractivity contribution in [2.75, 3.05) is 17.0 Å². The van der Waals surface area contributed by atoms with Gasteiger partial charge in [0.05, 0.1) is 21.6 Å². The first-order chi connectivity index (χ1) is 20.0. The number of nitrogen functional groups attached to an aromatic ring is 1. The predicted octanol–water partition coefficient (Wildman–Crippen LogP) is 6.74. The van der Waals surface area contributed by atoms with Crippen LogP contribution in [0.25, 0.3) is 27.7 Å². The van der Waals surface area contributed by atoms with Crippen molar-refractivity contribution in [3.63, 3.8) is 0 Å². The van der Waals surface area contributed by atoms with Gasteiger partial charge in [0.15, 0.2) is 0 Å². The molecular formula is C30H33ClF2N6O2S. The Hall–Kier alpha value is -3.54. The van der Waals surface area contributed by atoms with Gasteiger partial charge in [-0.15, -0.1) is 0 Å². The second-order valence-electron chi connectivity index (χ2n) is 10.8. The fourth-order valence-electron chi connectivity index (χ4n) is 5.21. The van der Waals surface area contributed by atoms with Crippen molar-refractivity contribution in [1.29, 1.82) is 0 Å². The molecule has 1 aliphatic rings. The largest absolute Gasteiger partial charge is 0.383 e. The van der Waals surface area contributed by atoms with Crippen molar-refractivity contribution in [3.8, 4) is 11.3 Å². The van der Waals surface area contributed by atoms with Gasteiger partial charge in [-0.2, -0.15) is 5.10 Å². The van der Waals surface area contributed by atoms with Gasteiger partial charge >= 0.3 is 0 Å². The van der Waals surface area contributed by atoms with Crippen LogP contribution in [0.5, 0.6) is 0 Å². The van der Waals surface area contributed by atoms with Gasteiger partial charge in [0.25, 0.3) is 10.0 Å². The molecule has 222 valence electrons.